The molecule has 3 rings (SSSR count). The van der Waals surface area contributed by atoms with Gasteiger partial charge in [-0.15, -0.1) is 0 Å². The zero-order valence-corrected chi connectivity index (χ0v) is 17.7. The molecule has 0 atom stereocenters. The summed E-state index contributed by atoms with van der Waals surface area (Å²) in [6.07, 6.45) is 0.806. The number of ether oxygens (including phenoxy) is 1. The molecule has 3 aromatic rings. The van der Waals surface area contributed by atoms with E-state index in [1.807, 2.05) is 55.7 Å². The first-order valence-corrected chi connectivity index (χ1v) is 10.2. The van der Waals surface area contributed by atoms with Gasteiger partial charge in [0.05, 0.1) is 17.6 Å². The van der Waals surface area contributed by atoms with Crippen LogP contribution in [-0.2, 0) is 16.1 Å². The van der Waals surface area contributed by atoms with Crippen LogP contribution in [0.5, 0.6) is 0 Å². The standard InChI is InChI=1S/C23H28N4O3/c1-4-30-11-7-10-27-20-9-6-5-8-19(20)25-23(27)26-21(28)15-24-22(29)18-13-16(2)12-17(3)14-18/h5-6,8-9,12-14H,4,7,10-11,15H2,1-3H3,(H,24,29)(H,25,26,28). The van der Waals surface area contributed by atoms with E-state index in [-0.39, 0.29) is 18.4 Å². The van der Waals surface area contributed by atoms with Gasteiger partial charge in [0.15, 0.2) is 0 Å². The van der Waals surface area contributed by atoms with E-state index in [9.17, 15) is 9.59 Å². The molecule has 0 spiro atoms. The van der Waals surface area contributed by atoms with Gasteiger partial charge >= 0.3 is 0 Å². The van der Waals surface area contributed by atoms with Crippen LogP contribution in [0.15, 0.2) is 42.5 Å². The summed E-state index contributed by atoms with van der Waals surface area (Å²) < 4.78 is 7.39. The summed E-state index contributed by atoms with van der Waals surface area (Å²) in [7, 11) is 0. The van der Waals surface area contributed by atoms with Gasteiger partial charge < -0.3 is 14.6 Å². The van der Waals surface area contributed by atoms with Crippen molar-refractivity contribution in [1.29, 1.82) is 0 Å². The Kier molecular flexibility index (Phi) is 7.19. The minimum absolute atomic E-state index is 0.131. The fourth-order valence-electron chi connectivity index (χ4n) is 3.40. The molecule has 2 amide bonds. The van der Waals surface area contributed by atoms with Gasteiger partial charge in [-0.05, 0) is 51.5 Å². The Balaban J connectivity index is 1.66. The molecule has 30 heavy (non-hydrogen) atoms. The van der Waals surface area contributed by atoms with Crippen LogP contribution in [-0.4, -0.2) is 41.1 Å². The number of aryl methyl sites for hydroxylation is 3. The zero-order valence-electron chi connectivity index (χ0n) is 17.7. The minimum atomic E-state index is -0.325. The average molecular weight is 409 g/mol. The third-order valence-corrected chi connectivity index (χ3v) is 4.67. The second-order valence-electron chi connectivity index (χ2n) is 7.23. The predicted molar refractivity (Wildman–Crippen MR) is 118 cm³/mol. The molecule has 0 aliphatic rings. The molecule has 2 N–H and O–H groups in total. The molecular formula is C23H28N4O3. The first-order chi connectivity index (χ1) is 14.5. The number of para-hydroxylation sites is 2. The summed E-state index contributed by atoms with van der Waals surface area (Å²) >= 11 is 0. The van der Waals surface area contributed by atoms with Crippen molar-refractivity contribution in [3.63, 3.8) is 0 Å². The molecule has 158 valence electrons. The number of fused-ring (bicyclic) bond motifs is 1. The quantitative estimate of drug-likeness (QED) is 0.531. The maximum Gasteiger partial charge on any atom is 0.251 e. The number of amides is 2. The van der Waals surface area contributed by atoms with Crippen molar-refractivity contribution in [3.05, 3.63) is 59.2 Å². The summed E-state index contributed by atoms with van der Waals surface area (Å²) in [5.41, 5.74) is 4.31. The van der Waals surface area contributed by atoms with Crippen LogP contribution in [0.2, 0.25) is 0 Å². The Hall–Kier alpha value is -3.19. The summed E-state index contributed by atoms with van der Waals surface area (Å²) in [6, 6.07) is 13.3. The van der Waals surface area contributed by atoms with Crippen molar-refractivity contribution in [2.75, 3.05) is 25.1 Å². The number of carbonyl (C=O) groups is 2. The number of hydrogen-bond acceptors (Lipinski definition) is 4. The van der Waals surface area contributed by atoms with Gasteiger partial charge in [0.2, 0.25) is 11.9 Å². The summed E-state index contributed by atoms with van der Waals surface area (Å²) in [5.74, 6) is -0.130. The Labute approximate surface area is 176 Å². The largest absolute Gasteiger partial charge is 0.382 e. The minimum Gasteiger partial charge on any atom is -0.382 e. The number of hydrogen-bond donors (Lipinski definition) is 2. The van der Waals surface area contributed by atoms with Crippen molar-refractivity contribution in [2.45, 2.75) is 33.7 Å². The molecule has 0 fully saturated rings. The second kappa shape index (κ2) is 10.0. The maximum atomic E-state index is 12.5. The van der Waals surface area contributed by atoms with E-state index < -0.39 is 0 Å². The van der Waals surface area contributed by atoms with Crippen LogP contribution >= 0.6 is 0 Å². The van der Waals surface area contributed by atoms with Crippen molar-refractivity contribution in [2.24, 2.45) is 0 Å². The predicted octanol–water partition coefficient (Wildman–Crippen LogP) is 3.45. The smallest absolute Gasteiger partial charge is 0.251 e. The first-order valence-electron chi connectivity index (χ1n) is 10.2. The Morgan fingerprint density at radius 3 is 2.57 bits per heavy atom. The van der Waals surface area contributed by atoms with Crippen molar-refractivity contribution in [3.8, 4) is 0 Å². The highest BCUT2D eigenvalue weighted by Crippen LogP contribution is 2.20. The molecule has 0 saturated heterocycles. The number of aromatic nitrogens is 2. The number of carbonyl (C=O) groups excluding carboxylic acids is 2. The van der Waals surface area contributed by atoms with Crippen molar-refractivity contribution < 1.29 is 14.3 Å². The monoisotopic (exact) mass is 408 g/mol. The van der Waals surface area contributed by atoms with Gasteiger partial charge in [0.1, 0.15) is 0 Å². The van der Waals surface area contributed by atoms with Crippen LogP contribution in [0.4, 0.5) is 5.95 Å². The molecule has 0 aliphatic heterocycles. The number of nitrogens with one attached hydrogen (secondary N) is 2. The molecule has 0 unspecified atom stereocenters. The van der Waals surface area contributed by atoms with Crippen LogP contribution < -0.4 is 10.6 Å². The molecule has 2 aromatic carbocycles. The lowest BCUT2D eigenvalue weighted by Gasteiger charge is -2.11. The normalized spacial score (nSPS) is 10.9. The Bertz CT molecular complexity index is 1020. The lowest BCUT2D eigenvalue weighted by atomic mass is 10.1. The number of rotatable bonds is 9. The molecule has 0 aliphatic carbocycles. The second-order valence-corrected chi connectivity index (χ2v) is 7.23. The van der Waals surface area contributed by atoms with E-state index in [0.29, 0.717) is 31.3 Å². The van der Waals surface area contributed by atoms with Crippen LogP contribution in [0.1, 0.15) is 34.8 Å². The van der Waals surface area contributed by atoms with E-state index in [2.05, 4.69) is 15.6 Å². The third-order valence-electron chi connectivity index (χ3n) is 4.67. The fraction of sp³-hybridized carbons (Fsp3) is 0.348. The van der Waals surface area contributed by atoms with E-state index in [0.717, 1.165) is 28.6 Å². The molecule has 7 heteroatoms. The fourth-order valence-corrected chi connectivity index (χ4v) is 3.40. The van der Waals surface area contributed by atoms with Crippen LogP contribution in [0.3, 0.4) is 0 Å². The SMILES string of the molecule is CCOCCCn1c(NC(=O)CNC(=O)c2cc(C)cc(C)c2)nc2ccccc21. The number of anilines is 1. The molecule has 1 heterocycles. The van der Waals surface area contributed by atoms with E-state index in [1.165, 1.54) is 0 Å². The molecule has 7 nitrogen and oxygen atoms in total. The van der Waals surface area contributed by atoms with Crippen LogP contribution in [0, 0.1) is 13.8 Å². The van der Waals surface area contributed by atoms with Gasteiger partial charge in [0, 0.05) is 25.3 Å². The number of nitrogens with zero attached hydrogens (tertiary/aromatic N) is 2. The van der Waals surface area contributed by atoms with E-state index in [4.69, 9.17) is 4.74 Å². The lowest BCUT2D eigenvalue weighted by Crippen LogP contribution is -2.33. The van der Waals surface area contributed by atoms with Crippen LogP contribution in [0.25, 0.3) is 11.0 Å². The first kappa shape index (κ1) is 21.5. The molecule has 0 bridgehead atoms. The summed E-state index contributed by atoms with van der Waals surface area (Å²) in [5, 5.41) is 5.51. The van der Waals surface area contributed by atoms with E-state index >= 15 is 0 Å². The average Bonchev–Trinajstić information content (AvgIpc) is 3.05. The van der Waals surface area contributed by atoms with Gasteiger partial charge in [-0.25, -0.2) is 4.98 Å². The molecular weight excluding hydrogens is 380 g/mol. The molecule has 1 aromatic heterocycles. The van der Waals surface area contributed by atoms with Crippen molar-refractivity contribution in [1.82, 2.24) is 14.9 Å². The molecule has 0 radical (unpaired) electrons. The highest BCUT2D eigenvalue weighted by Gasteiger charge is 2.14. The number of benzene rings is 2. The zero-order chi connectivity index (χ0) is 21.5. The third kappa shape index (κ3) is 5.45. The maximum absolute atomic E-state index is 12.5. The lowest BCUT2D eigenvalue weighted by molar-refractivity contribution is -0.115. The number of imidazole rings is 1. The highest BCUT2D eigenvalue weighted by molar-refractivity contribution is 5.99. The topological polar surface area (TPSA) is 85.2 Å². The van der Waals surface area contributed by atoms with Gasteiger partial charge in [-0.2, -0.15) is 0 Å². The Morgan fingerprint density at radius 2 is 1.83 bits per heavy atom. The van der Waals surface area contributed by atoms with Gasteiger partial charge in [0.25, 0.3) is 5.91 Å². The highest BCUT2D eigenvalue weighted by atomic mass is 16.5. The summed E-state index contributed by atoms with van der Waals surface area (Å²) in [6.45, 7) is 7.69. The molecule has 0 saturated carbocycles. The van der Waals surface area contributed by atoms with Gasteiger partial charge in [-0.3, -0.25) is 14.9 Å². The van der Waals surface area contributed by atoms with E-state index in [1.54, 1.807) is 12.1 Å². The summed E-state index contributed by atoms with van der Waals surface area (Å²) in [4.78, 5) is 29.4. The Morgan fingerprint density at radius 1 is 1.10 bits per heavy atom. The van der Waals surface area contributed by atoms with Gasteiger partial charge in [-0.1, -0.05) is 29.3 Å². The van der Waals surface area contributed by atoms with Crippen molar-refractivity contribution >= 4 is 28.8 Å².